The molecule has 0 saturated heterocycles. The van der Waals surface area contributed by atoms with Gasteiger partial charge in [-0.2, -0.15) is 0 Å². The van der Waals surface area contributed by atoms with E-state index in [9.17, 15) is 13.2 Å². The summed E-state index contributed by atoms with van der Waals surface area (Å²) in [6, 6.07) is 0. The fourth-order valence-corrected chi connectivity index (χ4v) is 3.64. The lowest BCUT2D eigenvalue weighted by Gasteiger charge is -2.33. The van der Waals surface area contributed by atoms with E-state index in [2.05, 4.69) is 0 Å². The first-order valence-corrected chi connectivity index (χ1v) is 7.92. The van der Waals surface area contributed by atoms with Crippen LogP contribution in [-0.4, -0.2) is 26.2 Å². The van der Waals surface area contributed by atoms with Gasteiger partial charge >= 0.3 is 0 Å². The molecule has 0 aromatic carbocycles. The Labute approximate surface area is 99.5 Å². The van der Waals surface area contributed by atoms with Crippen molar-refractivity contribution in [3.8, 4) is 0 Å². The smallest absolute Gasteiger partial charge is 0.148 e. The molecule has 16 heavy (non-hydrogen) atoms. The van der Waals surface area contributed by atoms with Crippen molar-refractivity contribution in [2.45, 2.75) is 47.0 Å². The zero-order chi connectivity index (χ0) is 13.0. The maximum atomic E-state index is 11.8. The summed E-state index contributed by atoms with van der Waals surface area (Å²) in [6.07, 6.45) is 3.30. The van der Waals surface area contributed by atoms with Gasteiger partial charge in [-0.15, -0.1) is 0 Å². The lowest BCUT2D eigenvalue weighted by Crippen LogP contribution is -2.37. The van der Waals surface area contributed by atoms with Crippen LogP contribution in [0.2, 0.25) is 0 Å². The lowest BCUT2D eigenvalue weighted by atomic mass is 9.74. The predicted octanol–water partition coefficient (Wildman–Crippen LogP) is 2.45. The SMILES string of the molecule is CCCC(=O)[C@@H](C)[C@](C)(CC)CS(C)(=O)=O. The average Bonchev–Trinajstić information content (AvgIpc) is 2.14. The van der Waals surface area contributed by atoms with Crippen LogP contribution < -0.4 is 0 Å². The highest BCUT2D eigenvalue weighted by molar-refractivity contribution is 7.90. The number of Topliss-reactive ketones (excluding diaryl/α,β-unsaturated/α-hetero) is 1. The fourth-order valence-electron chi connectivity index (χ4n) is 1.98. The van der Waals surface area contributed by atoms with Crippen LogP contribution >= 0.6 is 0 Å². The first-order chi connectivity index (χ1) is 7.16. The topological polar surface area (TPSA) is 51.2 Å². The molecule has 3 nitrogen and oxygen atoms in total. The molecule has 0 N–H and O–H groups in total. The molecule has 2 atom stereocenters. The van der Waals surface area contributed by atoms with Crippen LogP contribution in [0.15, 0.2) is 0 Å². The standard InChI is InChI=1S/C12H24O3S/c1-6-8-11(13)10(3)12(4,7-2)9-16(5,14)15/h10H,6-9H2,1-5H3/t10-,12-/m1/s1. The van der Waals surface area contributed by atoms with Crippen molar-refractivity contribution in [1.82, 2.24) is 0 Å². The second kappa shape index (κ2) is 5.80. The van der Waals surface area contributed by atoms with Gasteiger partial charge in [-0.25, -0.2) is 8.42 Å². The number of hydrogen-bond donors (Lipinski definition) is 0. The molecule has 0 saturated carbocycles. The number of ketones is 1. The van der Waals surface area contributed by atoms with Gasteiger partial charge in [0, 0.05) is 18.6 Å². The monoisotopic (exact) mass is 248 g/mol. The Morgan fingerprint density at radius 1 is 1.31 bits per heavy atom. The van der Waals surface area contributed by atoms with E-state index < -0.39 is 15.3 Å². The van der Waals surface area contributed by atoms with Gasteiger partial charge in [-0.1, -0.05) is 27.7 Å². The summed E-state index contributed by atoms with van der Waals surface area (Å²) in [4.78, 5) is 11.8. The molecule has 96 valence electrons. The molecule has 0 heterocycles. The summed E-state index contributed by atoms with van der Waals surface area (Å²) in [6.45, 7) is 7.66. The first-order valence-electron chi connectivity index (χ1n) is 5.86. The van der Waals surface area contributed by atoms with Crippen LogP contribution in [-0.2, 0) is 14.6 Å². The Morgan fingerprint density at radius 2 is 1.81 bits per heavy atom. The van der Waals surface area contributed by atoms with Gasteiger partial charge in [-0.05, 0) is 18.3 Å². The molecule has 0 unspecified atom stereocenters. The van der Waals surface area contributed by atoms with Gasteiger partial charge in [-0.3, -0.25) is 4.79 Å². The second-order valence-corrected chi connectivity index (χ2v) is 7.16. The Balaban J connectivity index is 4.88. The van der Waals surface area contributed by atoms with E-state index in [-0.39, 0.29) is 17.5 Å². The molecule has 0 amide bonds. The summed E-state index contributed by atoms with van der Waals surface area (Å²) in [5.74, 6) is 0.0790. The number of rotatable bonds is 7. The Hall–Kier alpha value is -0.380. The third-order valence-electron chi connectivity index (χ3n) is 3.42. The van der Waals surface area contributed by atoms with Gasteiger partial charge in [0.15, 0.2) is 0 Å². The van der Waals surface area contributed by atoms with Crippen LogP contribution in [0, 0.1) is 11.3 Å². The highest BCUT2D eigenvalue weighted by Crippen LogP contribution is 2.34. The largest absolute Gasteiger partial charge is 0.299 e. The molecule has 0 fully saturated rings. The van der Waals surface area contributed by atoms with Crippen molar-refractivity contribution in [1.29, 1.82) is 0 Å². The molecule has 0 radical (unpaired) electrons. The molecule has 0 aliphatic heterocycles. The van der Waals surface area contributed by atoms with Crippen molar-refractivity contribution >= 4 is 15.6 Å². The molecule has 0 rings (SSSR count). The van der Waals surface area contributed by atoms with Crippen LogP contribution in [0.3, 0.4) is 0 Å². The van der Waals surface area contributed by atoms with Crippen molar-refractivity contribution in [2.24, 2.45) is 11.3 Å². The summed E-state index contributed by atoms with van der Waals surface area (Å²) < 4.78 is 22.8. The van der Waals surface area contributed by atoms with Gasteiger partial charge in [0.05, 0.1) is 5.75 Å². The van der Waals surface area contributed by atoms with Crippen LogP contribution in [0.1, 0.15) is 47.0 Å². The molecule has 0 aliphatic carbocycles. The molecule has 0 aromatic rings. The van der Waals surface area contributed by atoms with Crippen molar-refractivity contribution in [2.75, 3.05) is 12.0 Å². The molecule has 0 bridgehead atoms. The van der Waals surface area contributed by atoms with Crippen molar-refractivity contribution < 1.29 is 13.2 Å². The lowest BCUT2D eigenvalue weighted by molar-refractivity contribution is -0.125. The quantitative estimate of drug-likeness (QED) is 0.695. The number of hydrogen-bond acceptors (Lipinski definition) is 3. The molecule has 4 heteroatoms. The van der Waals surface area contributed by atoms with Crippen molar-refractivity contribution in [3.05, 3.63) is 0 Å². The number of carbonyl (C=O) groups excluding carboxylic acids is 1. The van der Waals surface area contributed by atoms with E-state index in [4.69, 9.17) is 0 Å². The minimum Gasteiger partial charge on any atom is -0.299 e. The number of sulfone groups is 1. The highest BCUT2D eigenvalue weighted by atomic mass is 32.2. The van der Waals surface area contributed by atoms with Crippen LogP contribution in [0.5, 0.6) is 0 Å². The minimum atomic E-state index is -3.04. The second-order valence-electron chi connectivity index (χ2n) is 5.02. The maximum Gasteiger partial charge on any atom is 0.148 e. The Morgan fingerprint density at radius 3 is 2.12 bits per heavy atom. The van der Waals surface area contributed by atoms with E-state index in [1.165, 1.54) is 6.26 Å². The van der Waals surface area contributed by atoms with E-state index in [0.29, 0.717) is 12.8 Å². The van der Waals surface area contributed by atoms with Gasteiger partial charge in [0.2, 0.25) is 0 Å². The predicted molar refractivity (Wildman–Crippen MR) is 67.2 cm³/mol. The highest BCUT2D eigenvalue weighted by Gasteiger charge is 2.36. The van der Waals surface area contributed by atoms with Gasteiger partial charge < -0.3 is 0 Å². The Bertz CT molecular complexity index is 332. The summed E-state index contributed by atoms with van der Waals surface area (Å²) in [5.41, 5.74) is -0.431. The molecular weight excluding hydrogens is 224 g/mol. The first kappa shape index (κ1) is 15.6. The zero-order valence-electron chi connectivity index (χ0n) is 11.0. The van der Waals surface area contributed by atoms with Crippen LogP contribution in [0.25, 0.3) is 0 Å². The minimum absolute atomic E-state index is 0.0904. The Kier molecular flexibility index (Phi) is 5.66. The molecular formula is C12H24O3S. The fraction of sp³-hybridized carbons (Fsp3) is 0.917. The van der Waals surface area contributed by atoms with E-state index in [1.54, 1.807) is 0 Å². The van der Waals surface area contributed by atoms with Crippen molar-refractivity contribution in [3.63, 3.8) is 0 Å². The van der Waals surface area contributed by atoms with E-state index in [1.807, 2.05) is 27.7 Å². The third-order valence-corrected chi connectivity index (χ3v) is 4.61. The number of carbonyl (C=O) groups is 1. The molecule has 0 spiro atoms. The summed E-state index contributed by atoms with van der Waals surface area (Å²) >= 11 is 0. The molecule has 0 aliphatic rings. The normalized spacial score (nSPS) is 17.8. The average molecular weight is 248 g/mol. The van der Waals surface area contributed by atoms with E-state index >= 15 is 0 Å². The zero-order valence-corrected chi connectivity index (χ0v) is 11.9. The van der Waals surface area contributed by atoms with Crippen LogP contribution in [0.4, 0.5) is 0 Å². The third kappa shape index (κ3) is 4.64. The van der Waals surface area contributed by atoms with Gasteiger partial charge in [0.1, 0.15) is 15.6 Å². The molecule has 0 aromatic heterocycles. The van der Waals surface area contributed by atoms with Gasteiger partial charge in [0.25, 0.3) is 0 Å². The summed E-state index contributed by atoms with van der Waals surface area (Å²) in [5, 5.41) is 0. The van der Waals surface area contributed by atoms with E-state index in [0.717, 1.165) is 6.42 Å². The maximum absolute atomic E-state index is 11.8. The summed E-state index contributed by atoms with van der Waals surface area (Å²) in [7, 11) is -3.04.